The van der Waals surface area contributed by atoms with Gasteiger partial charge in [-0.05, 0) is 50.3 Å². The molecule has 0 spiro atoms. The van der Waals surface area contributed by atoms with E-state index in [0.29, 0.717) is 42.5 Å². The summed E-state index contributed by atoms with van der Waals surface area (Å²) in [7, 11) is 0. The number of halogens is 1. The number of hydrogen-bond acceptors (Lipinski definition) is 3. The van der Waals surface area contributed by atoms with Crippen LogP contribution >= 0.6 is 11.6 Å². The Hall–Kier alpha value is -1.75. The zero-order valence-corrected chi connectivity index (χ0v) is 14.0. The zero-order valence-electron chi connectivity index (χ0n) is 13.3. The molecular formula is C17H22ClNO4. The number of carbonyl (C=O) groups is 2. The highest BCUT2D eigenvalue weighted by atomic mass is 35.5. The van der Waals surface area contributed by atoms with Crippen LogP contribution in [0.4, 0.5) is 0 Å². The normalized spacial score (nSPS) is 17.8. The lowest BCUT2D eigenvalue weighted by Gasteiger charge is -2.33. The van der Waals surface area contributed by atoms with Gasteiger partial charge in [-0.1, -0.05) is 11.6 Å². The summed E-state index contributed by atoms with van der Waals surface area (Å²) in [5, 5.41) is 9.34. The molecule has 0 bridgehead atoms. The molecule has 2 rings (SSSR count). The van der Waals surface area contributed by atoms with E-state index in [-0.39, 0.29) is 18.2 Å². The van der Waals surface area contributed by atoms with E-state index in [1.165, 1.54) is 0 Å². The number of nitrogens with zero attached hydrogens (tertiary/aromatic N) is 1. The second-order valence-electron chi connectivity index (χ2n) is 5.77. The lowest BCUT2D eigenvalue weighted by atomic mass is 9.93. The Labute approximate surface area is 141 Å². The molecule has 23 heavy (non-hydrogen) atoms. The highest BCUT2D eigenvalue weighted by molar-refractivity contribution is 6.30. The third kappa shape index (κ3) is 4.86. The minimum Gasteiger partial charge on any atom is -0.493 e. The molecule has 0 saturated carbocycles. The molecule has 0 radical (unpaired) electrons. The average molecular weight is 340 g/mol. The van der Waals surface area contributed by atoms with Crippen molar-refractivity contribution in [1.82, 2.24) is 4.90 Å². The number of benzene rings is 1. The third-order valence-electron chi connectivity index (χ3n) is 4.05. The van der Waals surface area contributed by atoms with Gasteiger partial charge >= 0.3 is 5.97 Å². The van der Waals surface area contributed by atoms with Crippen molar-refractivity contribution in [3.63, 3.8) is 0 Å². The van der Waals surface area contributed by atoms with Crippen LogP contribution in [0.2, 0.25) is 5.02 Å². The number of likely N-dealkylation sites (tertiary alicyclic amines) is 1. The maximum absolute atomic E-state index is 12.8. The van der Waals surface area contributed by atoms with Gasteiger partial charge in [-0.2, -0.15) is 0 Å². The first-order chi connectivity index (χ1) is 11.0. The van der Waals surface area contributed by atoms with Crippen LogP contribution < -0.4 is 4.74 Å². The standard InChI is InChI=1S/C17H22ClNO4/c1-2-23-15-10-13(18)6-7-14(15)17(22)19-9-3-4-12(11-19)5-8-16(20)21/h6-7,10,12H,2-5,8-9,11H2,1H3,(H,20,21). The number of carboxylic acids is 1. The highest BCUT2D eigenvalue weighted by Crippen LogP contribution is 2.28. The van der Waals surface area contributed by atoms with Gasteiger partial charge in [-0.25, -0.2) is 0 Å². The molecule has 1 heterocycles. The number of ether oxygens (including phenoxy) is 1. The monoisotopic (exact) mass is 339 g/mol. The predicted molar refractivity (Wildman–Crippen MR) is 88.1 cm³/mol. The maximum atomic E-state index is 12.8. The van der Waals surface area contributed by atoms with Gasteiger partial charge in [0.15, 0.2) is 0 Å². The van der Waals surface area contributed by atoms with Crippen molar-refractivity contribution in [1.29, 1.82) is 0 Å². The summed E-state index contributed by atoms with van der Waals surface area (Å²) in [6.07, 6.45) is 2.62. The van der Waals surface area contributed by atoms with E-state index < -0.39 is 5.97 Å². The molecule has 1 unspecified atom stereocenters. The molecular weight excluding hydrogens is 318 g/mol. The lowest BCUT2D eigenvalue weighted by Crippen LogP contribution is -2.40. The zero-order chi connectivity index (χ0) is 16.8. The summed E-state index contributed by atoms with van der Waals surface area (Å²) in [4.78, 5) is 25.3. The van der Waals surface area contributed by atoms with Crippen LogP contribution in [0, 0.1) is 5.92 Å². The van der Waals surface area contributed by atoms with Gasteiger partial charge in [0.25, 0.3) is 5.91 Å². The Bertz CT molecular complexity index is 576. The Morgan fingerprint density at radius 2 is 2.22 bits per heavy atom. The Morgan fingerprint density at radius 1 is 1.43 bits per heavy atom. The summed E-state index contributed by atoms with van der Waals surface area (Å²) in [5.41, 5.74) is 0.509. The second kappa shape index (κ2) is 8.20. The Morgan fingerprint density at radius 3 is 2.91 bits per heavy atom. The first kappa shape index (κ1) is 17.6. The van der Waals surface area contributed by atoms with E-state index in [4.69, 9.17) is 21.4 Å². The molecule has 0 aliphatic carbocycles. The average Bonchev–Trinajstić information content (AvgIpc) is 2.53. The summed E-state index contributed by atoms with van der Waals surface area (Å²) >= 11 is 5.98. The number of piperidine rings is 1. The van der Waals surface area contributed by atoms with E-state index in [9.17, 15) is 9.59 Å². The Kier molecular flexibility index (Phi) is 6.28. The second-order valence-corrected chi connectivity index (χ2v) is 6.20. The van der Waals surface area contributed by atoms with E-state index in [1.807, 2.05) is 6.92 Å². The van der Waals surface area contributed by atoms with Crippen LogP contribution in [0.15, 0.2) is 18.2 Å². The molecule has 1 amide bonds. The lowest BCUT2D eigenvalue weighted by molar-refractivity contribution is -0.137. The van der Waals surface area contributed by atoms with E-state index in [1.54, 1.807) is 23.1 Å². The molecule has 1 aliphatic rings. The van der Waals surface area contributed by atoms with Crippen molar-refractivity contribution in [3.8, 4) is 5.75 Å². The van der Waals surface area contributed by atoms with Gasteiger partial charge in [0.05, 0.1) is 12.2 Å². The molecule has 1 aromatic rings. The van der Waals surface area contributed by atoms with Crippen LogP contribution in [-0.2, 0) is 4.79 Å². The maximum Gasteiger partial charge on any atom is 0.303 e. The van der Waals surface area contributed by atoms with E-state index in [2.05, 4.69) is 0 Å². The topological polar surface area (TPSA) is 66.8 Å². The van der Waals surface area contributed by atoms with Crippen molar-refractivity contribution in [3.05, 3.63) is 28.8 Å². The number of carboxylic acid groups (broad SMARTS) is 1. The molecule has 5 nitrogen and oxygen atoms in total. The molecule has 1 aromatic carbocycles. The summed E-state index contributed by atoms with van der Waals surface area (Å²) in [5.74, 6) is -0.126. The number of amides is 1. The SMILES string of the molecule is CCOc1cc(Cl)ccc1C(=O)N1CCCC(CCC(=O)O)C1. The summed E-state index contributed by atoms with van der Waals surface area (Å²) in [6, 6.07) is 5.03. The van der Waals surface area contributed by atoms with Crippen LogP contribution in [0.3, 0.4) is 0 Å². The molecule has 1 atom stereocenters. The molecule has 1 N–H and O–H groups in total. The number of hydrogen-bond donors (Lipinski definition) is 1. The molecule has 1 aliphatic heterocycles. The fraction of sp³-hybridized carbons (Fsp3) is 0.529. The third-order valence-corrected chi connectivity index (χ3v) is 4.28. The minimum absolute atomic E-state index is 0.0786. The van der Waals surface area contributed by atoms with Gasteiger partial charge in [0.2, 0.25) is 0 Å². The first-order valence-corrected chi connectivity index (χ1v) is 8.32. The van der Waals surface area contributed by atoms with Gasteiger partial charge < -0.3 is 14.7 Å². The fourth-order valence-electron chi connectivity index (χ4n) is 2.93. The number of aliphatic carboxylic acids is 1. The minimum atomic E-state index is -0.787. The van der Waals surface area contributed by atoms with Crippen LogP contribution in [-0.4, -0.2) is 41.6 Å². The van der Waals surface area contributed by atoms with Crippen molar-refractivity contribution >= 4 is 23.5 Å². The summed E-state index contributed by atoms with van der Waals surface area (Å²) in [6.45, 7) is 3.61. The van der Waals surface area contributed by atoms with Crippen molar-refractivity contribution in [2.24, 2.45) is 5.92 Å². The fourth-order valence-corrected chi connectivity index (χ4v) is 3.09. The van der Waals surface area contributed by atoms with E-state index in [0.717, 1.165) is 12.8 Å². The first-order valence-electron chi connectivity index (χ1n) is 7.94. The van der Waals surface area contributed by atoms with Crippen molar-refractivity contribution in [2.45, 2.75) is 32.6 Å². The van der Waals surface area contributed by atoms with Gasteiger partial charge in [0.1, 0.15) is 5.75 Å². The quantitative estimate of drug-likeness (QED) is 0.862. The molecule has 0 aromatic heterocycles. The Balaban J connectivity index is 2.08. The van der Waals surface area contributed by atoms with Gasteiger partial charge in [-0.3, -0.25) is 9.59 Å². The summed E-state index contributed by atoms with van der Waals surface area (Å²) < 4.78 is 5.53. The molecule has 6 heteroatoms. The van der Waals surface area contributed by atoms with Crippen molar-refractivity contribution < 1.29 is 19.4 Å². The van der Waals surface area contributed by atoms with Gasteiger partial charge in [-0.15, -0.1) is 0 Å². The van der Waals surface area contributed by atoms with Crippen LogP contribution in [0.25, 0.3) is 0 Å². The molecule has 126 valence electrons. The van der Waals surface area contributed by atoms with E-state index >= 15 is 0 Å². The largest absolute Gasteiger partial charge is 0.493 e. The van der Waals surface area contributed by atoms with Crippen molar-refractivity contribution in [2.75, 3.05) is 19.7 Å². The molecule has 1 fully saturated rings. The highest BCUT2D eigenvalue weighted by Gasteiger charge is 2.26. The van der Waals surface area contributed by atoms with Crippen LogP contribution in [0.5, 0.6) is 5.75 Å². The number of rotatable bonds is 6. The predicted octanol–water partition coefficient (Wildman–Crippen LogP) is 3.46. The smallest absolute Gasteiger partial charge is 0.303 e. The van der Waals surface area contributed by atoms with Crippen LogP contribution in [0.1, 0.15) is 43.0 Å². The van der Waals surface area contributed by atoms with Gasteiger partial charge in [0, 0.05) is 24.5 Å². The number of carbonyl (C=O) groups excluding carboxylic acids is 1. The molecule has 1 saturated heterocycles.